The van der Waals surface area contributed by atoms with Gasteiger partial charge in [0.1, 0.15) is 0 Å². The van der Waals surface area contributed by atoms with Crippen molar-refractivity contribution < 1.29 is 9.59 Å². The summed E-state index contributed by atoms with van der Waals surface area (Å²) in [7, 11) is 0. The van der Waals surface area contributed by atoms with Gasteiger partial charge in [-0.1, -0.05) is 0 Å². The van der Waals surface area contributed by atoms with E-state index in [0.29, 0.717) is 30.9 Å². The maximum absolute atomic E-state index is 12.5. The van der Waals surface area contributed by atoms with Crippen molar-refractivity contribution in [3.05, 3.63) is 29.3 Å². The molecule has 1 fully saturated rings. The number of carbonyl (C=O) groups excluding carboxylic acids is 2. The molecule has 2 amide bonds. The van der Waals surface area contributed by atoms with Crippen LogP contribution < -0.4 is 5.73 Å². The minimum atomic E-state index is -0.00852. The first kappa shape index (κ1) is 14.4. The van der Waals surface area contributed by atoms with Crippen LogP contribution in [-0.2, 0) is 4.79 Å². The lowest BCUT2D eigenvalue weighted by Gasteiger charge is -2.21. The lowest BCUT2D eigenvalue weighted by atomic mass is 10.1. The molecule has 1 heterocycles. The number of benzene rings is 1. The van der Waals surface area contributed by atoms with E-state index in [2.05, 4.69) is 0 Å². The fourth-order valence-electron chi connectivity index (χ4n) is 2.55. The van der Waals surface area contributed by atoms with E-state index in [4.69, 9.17) is 5.73 Å². The van der Waals surface area contributed by atoms with Gasteiger partial charge in [0.25, 0.3) is 5.91 Å². The molecule has 2 rings (SSSR count). The summed E-state index contributed by atoms with van der Waals surface area (Å²) in [5.74, 6) is 0.0601. The molecule has 0 saturated carbocycles. The second kappa shape index (κ2) is 5.94. The monoisotopic (exact) mass is 275 g/mol. The number of rotatable bonds is 1. The van der Waals surface area contributed by atoms with Crippen molar-refractivity contribution in [2.45, 2.75) is 20.3 Å². The van der Waals surface area contributed by atoms with Crippen molar-refractivity contribution in [1.82, 2.24) is 9.80 Å². The lowest BCUT2D eigenvalue weighted by Crippen LogP contribution is -2.36. The summed E-state index contributed by atoms with van der Waals surface area (Å²) < 4.78 is 0. The average Bonchev–Trinajstić information content (AvgIpc) is 2.62. The number of amides is 2. The Morgan fingerprint density at radius 3 is 2.35 bits per heavy atom. The molecule has 5 nitrogen and oxygen atoms in total. The molecule has 0 aliphatic carbocycles. The highest BCUT2D eigenvalue weighted by molar-refractivity contribution is 5.95. The predicted octanol–water partition coefficient (Wildman–Crippen LogP) is 1.27. The van der Waals surface area contributed by atoms with Gasteiger partial charge in [-0.2, -0.15) is 0 Å². The summed E-state index contributed by atoms with van der Waals surface area (Å²) in [4.78, 5) is 27.5. The zero-order valence-electron chi connectivity index (χ0n) is 12.1. The van der Waals surface area contributed by atoms with Gasteiger partial charge in [0.15, 0.2) is 0 Å². The Balaban J connectivity index is 2.11. The highest BCUT2D eigenvalue weighted by Gasteiger charge is 2.21. The van der Waals surface area contributed by atoms with E-state index < -0.39 is 0 Å². The van der Waals surface area contributed by atoms with Gasteiger partial charge >= 0.3 is 0 Å². The highest BCUT2D eigenvalue weighted by Crippen LogP contribution is 2.15. The van der Waals surface area contributed by atoms with Crippen molar-refractivity contribution >= 4 is 17.5 Å². The van der Waals surface area contributed by atoms with Crippen molar-refractivity contribution in [2.75, 3.05) is 31.9 Å². The van der Waals surface area contributed by atoms with E-state index >= 15 is 0 Å². The van der Waals surface area contributed by atoms with Crippen LogP contribution in [0.1, 0.15) is 29.3 Å². The smallest absolute Gasteiger partial charge is 0.253 e. The number of aryl methyl sites for hydroxylation is 1. The summed E-state index contributed by atoms with van der Waals surface area (Å²) in [6.07, 6.45) is 0.812. The van der Waals surface area contributed by atoms with Crippen LogP contribution in [0.3, 0.4) is 0 Å². The molecule has 0 radical (unpaired) electrons. The van der Waals surface area contributed by atoms with E-state index in [0.717, 1.165) is 18.5 Å². The van der Waals surface area contributed by atoms with Crippen LogP contribution in [0, 0.1) is 6.92 Å². The van der Waals surface area contributed by atoms with Crippen LogP contribution in [0.5, 0.6) is 0 Å². The third-order valence-corrected chi connectivity index (χ3v) is 3.58. The molecular weight excluding hydrogens is 254 g/mol. The molecule has 2 N–H and O–H groups in total. The zero-order chi connectivity index (χ0) is 14.7. The zero-order valence-corrected chi connectivity index (χ0v) is 12.1. The predicted molar refractivity (Wildman–Crippen MR) is 78.4 cm³/mol. The number of nitrogens with zero attached hydrogens (tertiary/aromatic N) is 2. The molecule has 1 aliphatic rings. The molecule has 0 bridgehead atoms. The highest BCUT2D eigenvalue weighted by atomic mass is 16.2. The van der Waals surface area contributed by atoms with Crippen LogP contribution in [0.25, 0.3) is 0 Å². The number of nitrogen functional groups attached to an aromatic ring is 1. The Bertz CT molecular complexity index is 508. The Morgan fingerprint density at radius 2 is 1.70 bits per heavy atom. The molecule has 1 saturated heterocycles. The first-order valence-electron chi connectivity index (χ1n) is 6.89. The van der Waals surface area contributed by atoms with Gasteiger partial charge < -0.3 is 15.5 Å². The molecule has 0 unspecified atom stereocenters. The Morgan fingerprint density at radius 1 is 1.05 bits per heavy atom. The van der Waals surface area contributed by atoms with Gasteiger partial charge in [0.2, 0.25) is 5.91 Å². The summed E-state index contributed by atoms with van der Waals surface area (Å²) >= 11 is 0. The van der Waals surface area contributed by atoms with E-state index in [1.54, 1.807) is 22.8 Å². The van der Waals surface area contributed by atoms with Crippen molar-refractivity contribution in [2.24, 2.45) is 0 Å². The van der Waals surface area contributed by atoms with E-state index in [1.807, 2.05) is 19.1 Å². The maximum Gasteiger partial charge on any atom is 0.253 e. The SMILES string of the molecule is CC(=O)N1CCCN(C(=O)c2cc(C)cc(N)c2)CC1. The number of anilines is 1. The van der Waals surface area contributed by atoms with E-state index in [-0.39, 0.29) is 11.8 Å². The third kappa shape index (κ3) is 3.29. The summed E-state index contributed by atoms with van der Waals surface area (Å²) in [6.45, 7) is 6.06. The van der Waals surface area contributed by atoms with Crippen molar-refractivity contribution in [3.8, 4) is 0 Å². The number of carbonyl (C=O) groups is 2. The third-order valence-electron chi connectivity index (χ3n) is 3.58. The quantitative estimate of drug-likeness (QED) is 0.785. The first-order valence-corrected chi connectivity index (χ1v) is 6.89. The van der Waals surface area contributed by atoms with Crippen LogP contribution in [0.4, 0.5) is 5.69 Å². The molecule has 0 aromatic heterocycles. The number of hydrogen-bond donors (Lipinski definition) is 1. The average molecular weight is 275 g/mol. The fourth-order valence-corrected chi connectivity index (χ4v) is 2.55. The van der Waals surface area contributed by atoms with Gasteiger partial charge in [0, 0.05) is 44.4 Å². The minimum absolute atomic E-state index is 0.00852. The topological polar surface area (TPSA) is 66.6 Å². The minimum Gasteiger partial charge on any atom is -0.399 e. The summed E-state index contributed by atoms with van der Waals surface area (Å²) in [6, 6.07) is 5.41. The molecule has 108 valence electrons. The first-order chi connectivity index (χ1) is 9.47. The standard InChI is InChI=1S/C15H21N3O2/c1-11-8-13(10-14(16)9-11)15(20)18-5-3-4-17(6-7-18)12(2)19/h8-10H,3-7,16H2,1-2H3. The number of hydrogen-bond acceptors (Lipinski definition) is 3. The van der Waals surface area contributed by atoms with Crippen molar-refractivity contribution in [3.63, 3.8) is 0 Å². The van der Waals surface area contributed by atoms with Crippen LogP contribution in [0.15, 0.2) is 18.2 Å². The van der Waals surface area contributed by atoms with Gasteiger partial charge in [-0.15, -0.1) is 0 Å². The fraction of sp³-hybridized carbons (Fsp3) is 0.467. The molecule has 0 atom stereocenters. The second-order valence-electron chi connectivity index (χ2n) is 5.28. The van der Waals surface area contributed by atoms with Crippen molar-refractivity contribution in [1.29, 1.82) is 0 Å². The van der Waals surface area contributed by atoms with Gasteiger partial charge in [-0.3, -0.25) is 9.59 Å². The molecule has 1 aromatic carbocycles. The van der Waals surface area contributed by atoms with Gasteiger partial charge in [-0.25, -0.2) is 0 Å². The second-order valence-corrected chi connectivity index (χ2v) is 5.28. The molecule has 0 spiro atoms. The van der Waals surface area contributed by atoms with E-state index in [1.165, 1.54) is 0 Å². The molecular formula is C15H21N3O2. The largest absolute Gasteiger partial charge is 0.399 e. The van der Waals surface area contributed by atoms with Crippen LogP contribution in [0.2, 0.25) is 0 Å². The van der Waals surface area contributed by atoms with E-state index in [9.17, 15) is 9.59 Å². The van der Waals surface area contributed by atoms with Crippen LogP contribution >= 0.6 is 0 Å². The lowest BCUT2D eigenvalue weighted by molar-refractivity contribution is -0.128. The van der Waals surface area contributed by atoms with Crippen LogP contribution in [-0.4, -0.2) is 47.8 Å². The maximum atomic E-state index is 12.5. The Hall–Kier alpha value is -2.04. The number of nitrogens with two attached hydrogens (primary N) is 1. The Labute approximate surface area is 119 Å². The summed E-state index contributed by atoms with van der Waals surface area (Å²) in [5, 5.41) is 0. The molecule has 1 aliphatic heterocycles. The summed E-state index contributed by atoms with van der Waals surface area (Å²) in [5.41, 5.74) is 8.00. The normalized spacial score (nSPS) is 15.9. The Kier molecular flexibility index (Phi) is 4.27. The molecule has 20 heavy (non-hydrogen) atoms. The van der Waals surface area contributed by atoms with Gasteiger partial charge in [-0.05, 0) is 37.1 Å². The molecule has 5 heteroatoms. The van der Waals surface area contributed by atoms with Gasteiger partial charge in [0.05, 0.1) is 0 Å². The molecule has 1 aromatic rings.